The molecule has 2 aromatic rings. The van der Waals surface area contributed by atoms with Crippen molar-refractivity contribution in [2.45, 2.75) is 25.9 Å². The third-order valence-electron chi connectivity index (χ3n) is 4.84. The van der Waals surface area contributed by atoms with E-state index in [1.54, 1.807) is 11.3 Å². The molecule has 0 bridgehead atoms. The van der Waals surface area contributed by atoms with Crippen molar-refractivity contribution in [2.24, 2.45) is 0 Å². The van der Waals surface area contributed by atoms with Gasteiger partial charge in [-0.05, 0) is 31.2 Å². The predicted molar refractivity (Wildman–Crippen MR) is 102 cm³/mol. The second kappa shape index (κ2) is 7.46. The molecule has 2 aliphatic rings. The van der Waals surface area contributed by atoms with Crippen LogP contribution in [0.2, 0.25) is 0 Å². The van der Waals surface area contributed by atoms with Crippen LogP contribution >= 0.6 is 22.7 Å². The minimum absolute atomic E-state index is 0.0192. The molecule has 4 heterocycles. The topological polar surface area (TPSA) is 62.7 Å². The van der Waals surface area contributed by atoms with Crippen LogP contribution in [0.25, 0.3) is 10.6 Å². The van der Waals surface area contributed by atoms with E-state index in [1.807, 2.05) is 33.6 Å². The lowest BCUT2D eigenvalue weighted by atomic mass is 10.2. The van der Waals surface area contributed by atoms with E-state index in [-0.39, 0.29) is 17.9 Å². The highest BCUT2D eigenvalue weighted by molar-refractivity contribution is 7.17. The fraction of sp³-hybridized carbons (Fsp3) is 0.500. The zero-order chi connectivity index (χ0) is 18.1. The first-order chi connectivity index (χ1) is 12.6. The first kappa shape index (κ1) is 17.6. The Morgan fingerprint density at radius 2 is 2.00 bits per heavy atom. The Bertz CT molecular complexity index is 789. The SMILES string of the molecule is Cc1nc(-c2ccsc2)sc1C(=O)N1CCN(C(=O)C2CCCO2)CC1. The number of rotatable bonds is 3. The Labute approximate surface area is 160 Å². The van der Waals surface area contributed by atoms with E-state index in [1.165, 1.54) is 11.3 Å². The minimum Gasteiger partial charge on any atom is -0.368 e. The smallest absolute Gasteiger partial charge is 0.265 e. The van der Waals surface area contributed by atoms with E-state index in [9.17, 15) is 9.59 Å². The number of nitrogens with zero attached hydrogens (tertiary/aromatic N) is 3. The Morgan fingerprint density at radius 1 is 1.23 bits per heavy atom. The van der Waals surface area contributed by atoms with Gasteiger partial charge in [0.15, 0.2) is 0 Å². The number of ether oxygens (including phenoxy) is 1. The molecule has 0 saturated carbocycles. The summed E-state index contributed by atoms with van der Waals surface area (Å²) in [6, 6.07) is 2.02. The first-order valence-electron chi connectivity index (χ1n) is 8.83. The number of carbonyl (C=O) groups is 2. The molecule has 26 heavy (non-hydrogen) atoms. The Kier molecular flexibility index (Phi) is 5.06. The Balaban J connectivity index is 1.40. The average molecular weight is 392 g/mol. The van der Waals surface area contributed by atoms with Gasteiger partial charge in [-0.1, -0.05) is 0 Å². The number of hydrogen-bond acceptors (Lipinski definition) is 6. The number of aromatic nitrogens is 1. The molecule has 0 aromatic carbocycles. The highest BCUT2D eigenvalue weighted by Crippen LogP contribution is 2.30. The predicted octanol–water partition coefficient (Wildman–Crippen LogP) is 2.64. The fourth-order valence-electron chi connectivity index (χ4n) is 3.35. The zero-order valence-corrected chi connectivity index (χ0v) is 16.3. The first-order valence-corrected chi connectivity index (χ1v) is 10.6. The quantitative estimate of drug-likeness (QED) is 0.807. The van der Waals surface area contributed by atoms with Crippen LogP contribution in [0.5, 0.6) is 0 Å². The number of thiazole rings is 1. The van der Waals surface area contributed by atoms with Crippen molar-refractivity contribution in [1.82, 2.24) is 14.8 Å². The summed E-state index contributed by atoms with van der Waals surface area (Å²) in [6.45, 7) is 4.81. The van der Waals surface area contributed by atoms with E-state index in [2.05, 4.69) is 4.98 Å². The molecule has 0 radical (unpaired) electrons. The molecule has 2 aliphatic heterocycles. The van der Waals surface area contributed by atoms with Gasteiger partial charge in [0.2, 0.25) is 0 Å². The summed E-state index contributed by atoms with van der Waals surface area (Å²) in [6.07, 6.45) is 1.48. The van der Waals surface area contributed by atoms with Gasteiger partial charge in [0.1, 0.15) is 16.0 Å². The minimum atomic E-state index is -0.283. The largest absolute Gasteiger partial charge is 0.368 e. The molecule has 2 saturated heterocycles. The number of thiophene rings is 1. The molecule has 4 rings (SSSR count). The lowest BCUT2D eigenvalue weighted by Crippen LogP contribution is -2.52. The van der Waals surface area contributed by atoms with Crippen LogP contribution in [0, 0.1) is 6.92 Å². The summed E-state index contributed by atoms with van der Waals surface area (Å²) in [4.78, 5) is 34.3. The monoisotopic (exact) mass is 391 g/mol. The van der Waals surface area contributed by atoms with Crippen LogP contribution in [-0.2, 0) is 9.53 Å². The third kappa shape index (κ3) is 3.41. The van der Waals surface area contributed by atoms with E-state index in [4.69, 9.17) is 4.74 Å². The summed E-state index contributed by atoms with van der Waals surface area (Å²) in [5.41, 5.74) is 1.84. The van der Waals surface area contributed by atoms with Crippen LogP contribution in [-0.4, -0.2) is 65.5 Å². The fourth-order valence-corrected chi connectivity index (χ4v) is 5.10. The number of carbonyl (C=O) groups excluding carboxylic acids is 2. The van der Waals surface area contributed by atoms with Crippen molar-refractivity contribution in [3.63, 3.8) is 0 Å². The normalized spacial score (nSPS) is 20.6. The molecule has 0 N–H and O–H groups in total. The zero-order valence-electron chi connectivity index (χ0n) is 14.6. The van der Waals surface area contributed by atoms with E-state index in [0.717, 1.165) is 29.1 Å². The summed E-state index contributed by atoms with van der Waals surface area (Å²) in [5.74, 6) is 0.0917. The molecule has 2 amide bonds. The molecule has 0 aliphatic carbocycles. The van der Waals surface area contributed by atoms with Crippen LogP contribution in [0.4, 0.5) is 0 Å². The van der Waals surface area contributed by atoms with Crippen molar-refractivity contribution in [3.8, 4) is 10.6 Å². The van der Waals surface area contributed by atoms with Crippen molar-refractivity contribution in [1.29, 1.82) is 0 Å². The van der Waals surface area contributed by atoms with Gasteiger partial charge in [0, 0.05) is 43.7 Å². The maximum absolute atomic E-state index is 12.9. The lowest BCUT2D eigenvalue weighted by Gasteiger charge is -2.35. The standard InChI is InChI=1S/C18H21N3O3S2/c1-12-15(26-16(19-12)13-4-10-25-11-13)18(23)21-7-5-20(6-8-21)17(22)14-3-2-9-24-14/h4,10-11,14H,2-3,5-9H2,1H3. The van der Waals surface area contributed by atoms with Crippen molar-refractivity contribution < 1.29 is 14.3 Å². The van der Waals surface area contributed by atoms with Crippen LogP contribution in [0.1, 0.15) is 28.2 Å². The number of hydrogen-bond donors (Lipinski definition) is 0. The van der Waals surface area contributed by atoms with E-state index in [0.29, 0.717) is 37.7 Å². The Morgan fingerprint density at radius 3 is 2.65 bits per heavy atom. The van der Waals surface area contributed by atoms with Crippen molar-refractivity contribution in [3.05, 3.63) is 27.4 Å². The molecule has 2 fully saturated rings. The van der Waals surface area contributed by atoms with Gasteiger partial charge in [-0.3, -0.25) is 9.59 Å². The van der Waals surface area contributed by atoms with Crippen molar-refractivity contribution >= 4 is 34.5 Å². The summed E-state index contributed by atoms with van der Waals surface area (Å²) < 4.78 is 5.49. The van der Waals surface area contributed by atoms with Crippen LogP contribution in [0.15, 0.2) is 16.8 Å². The van der Waals surface area contributed by atoms with Crippen LogP contribution < -0.4 is 0 Å². The van der Waals surface area contributed by atoms with Gasteiger partial charge in [0.25, 0.3) is 11.8 Å². The van der Waals surface area contributed by atoms with E-state index >= 15 is 0 Å². The lowest BCUT2D eigenvalue weighted by molar-refractivity contribution is -0.142. The number of amides is 2. The number of aryl methyl sites for hydroxylation is 1. The van der Waals surface area contributed by atoms with Gasteiger partial charge >= 0.3 is 0 Å². The van der Waals surface area contributed by atoms with E-state index < -0.39 is 0 Å². The Hall–Kier alpha value is -1.77. The second-order valence-electron chi connectivity index (χ2n) is 6.56. The molecule has 2 aromatic heterocycles. The maximum Gasteiger partial charge on any atom is 0.265 e. The second-order valence-corrected chi connectivity index (χ2v) is 8.34. The summed E-state index contributed by atoms with van der Waals surface area (Å²) in [5, 5.41) is 4.94. The number of piperazine rings is 1. The van der Waals surface area contributed by atoms with Crippen molar-refractivity contribution in [2.75, 3.05) is 32.8 Å². The molecule has 1 unspecified atom stereocenters. The molecule has 8 heteroatoms. The summed E-state index contributed by atoms with van der Waals surface area (Å²) in [7, 11) is 0. The molecule has 0 spiro atoms. The van der Waals surface area contributed by atoms with Gasteiger partial charge in [0.05, 0.1) is 5.69 Å². The van der Waals surface area contributed by atoms with Gasteiger partial charge < -0.3 is 14.5 Å². The highest BCUT2D eigenvalue weighted by atomic mass is 32.1. The molecule has 6 nitrogen and oxygen atoms in total. The molecular weight excluding hydrogens is 370 g/mol. The van der Waals surface area contributed by atoms with Gasteiger partial charge in [-0.25, -0.2) is 4.98 Å². The molecular formula is C18H21N3O3S2. The molecule has 138 valence electrons. The maximum atomic E-state index is 12.9. The highest BCUT2D eigenvalue weighted by Gasteiger charge is 2.32. The summed E-state index contributed by atoms with van der Waals surface area (Å²) >= 11 is 3.07. The van der Waals surface area contributed by atoms with Gasteiger partial charge in [-0.2, -0.15) is 11.3 Å². The average Bonchev–Trinajstić information content (AvgIpc) is 3.41. The molecule has 1 atom stereocenters. The van der Waals surface area contributed by atoms with Crippen LogP contribution in [0.3, 0.4) is 0 Å². The third-order valence-corrected chi connectivity index (χ3v) is 6.72. The van der Waals surface area contributed by atoms with Gasteiger partial charge in [-0.15, -0.1) is 11.3 Å².